The zero-order chi connectivity index (χ0) is 24.9. The van der Waals surface area contributed by atoms with E-state index in [-0.39, 0.29) is 23.5 Å². The number of fused-ring (bicyclic) bond motifs is 1. The number of rotatable bonds is 9. The van der Waals surface area contributed by atoms with E-state index in [9.17, 15) is 14.0 Å². The van der Waals surface area contributed by atoms with Crippen LogP contribution in [0.15, 0.2) is 64.3 Å². The molecule has 4 aromatic rings. The van der Waals surface area contributed by atoms with Crippen molar-refractivity contribution >= 4 is 10.9 Å². The summed E-state index contributed by atoms with van der Waals surface area (Å²) >= 11 is 0. The Kier molecular flexibility index (Phi) is 7.24. The quantitative estimate of drug-likeness (QED) is 0.384. The molecule has 0 aliphatic carbocycles. The summed E-state index contributed by atoms with van der Waals surface area (Å²) in [5.41, 5.74) is 1.34. The first-order valence-electron chi connectivity index (χ1n) is 12.0. The SMILES string of the molecule is O=c1c2c(COc3ccc(F)cc3)n(CCc3ccccn3)c(=O)cc2[nH]n1CCN1CCOCC1. The van der Waals surface area contributed by atoms with E-state index in [1.54, 1.807) is 15.4 Å². The van der Waals surface area contributed by atoms with Gasteiger partial charge in [0.15, 0.2) is 0 Å². The maximum absolute atomic E-state index is 13.5. The summed E-state index contributed by atoms with van der Waals surface area (Å²) in [4.78, 5) is 33.2. The van der Waals surface area contributed by atoms with Crippen molar-refractivity contribution < 1.29 is 13.9 Å². The minimum atomic E-state index is -0.370. The van der Waals surface area contributed by atoms with Gasteiger partial charge in [-0.1, -0.05) is 6.07 Å². The van der Waals surface area contributed by atoms with Crippen LogP contribution in [-0.4, -0.2) is 57.1 Å². The molecule has 0 unspecified atom stereocenters. The Morgan fingerprint density at radius 1 is 1.03 bits per heavy atom. The van der Waals surface area contributed by atoms with Crippen molar-refractivity contribution in [3.05, 3.63) is 92.6 Å². The van der Waals surface area contributed by atoms with Crippen LogP contribution >= 0.6 is 0 Å². The van der Waals surface area contributed by atoms with Gasteiger partial charge in [0.2, 0.25) is 0 Å². The van der Waals surface area contributed by atoms with Gasteiger partial charge in [0, 0.05) is 50.6 Å². The summed E-state index contributed by atoms with van der Waals surface area (Å²) in [5, 5.41) is 3.52. The van der Waals surface area contributed by atoms with E-state index in [1.165, 1.54) is 30.3 Å². The summed E-state index contributed by atoms with van der Waals surface area (Å²) < 4.78 is 27.7. The van der Waals surface area contributed by atoms with E-state index in [0.29, 0.717) is 61.6 Å². The van der Waals surface area contributed by atoms with Crippen LogP contribution in [0.1, 0.15) is 11.4 Å². The minimum Gasteiger partial charge on any atom is -0.487 e. The molecule has 1 aromatic carbocycles. The fourth-order valence-corrected chi connectivity index (χ4v) is 4.43. The monoisotopic (exact) mass is 493 g/mol. The van der Waals surface area contributed by atoms with Gasteiger partial charge in [-0.25, -0.2) is 4.39 Å². The topological polar surface area (TPSA) is 94.4 Å². The summed E-state index contributed by atoms with van der Waals surface area (Å²) in [7, 11) is 0. The number of ether oxygens (including phenoxy) is 2. The second-order valence-electron chi connectivity index (χ2n) is 8.71. The van der Waals surface area contributed by atoms with Crippen LogP contribution in [0, 0.1) is 5.82 Å². The smallest absolute Gasteiger partial charge is 0.276 e. The fourth-order valence-electron chi connectivity index (χ4n) is 4.43. The maximum atomic E-state index is 13.5. The average Bonchev–Trinajstić information content (AvgIpc) is 3.22. The van der Waals surface area contributed by atoms with Crippen molar-refractivity contribution in [1.29, 1.82) is 0 Å². The first-order valence-corrected chi connectivity index (χ1v) is 12.0. The first kappa shape index (κ1) is 24.0. The van der Waals surface area contributed by atoms with Gasteiger partial charge in [-0.05, 0) is 36.4 Å². The lowest BCUT2D eigenvalue weighted by molar-refractivity contribution is 0.0359. The molecule has 9 nitrogen and oxygen atoms in total. The normalized spacial score (nSPS) is 14.4. The Bertz CT molecular complexity index is 1420. The van der Waals surface area contributed by atoms with E-state index in [0.717, 1.165) is 18.8 Å². The third kappa shape index (κ3) is 5.39. The molecule has 0 amide bonds. The molecule has 1 aliphatic rings. The number of nitrogens with zero attached hydrogens (tertiary/aromatic N) is 4. The standard InChI is InChI=1S/C26H28FN5O4/c27-19-4-6-21(7-5-19)36-18-23-25-22(17-24(33)31(23)10-8-20-3-1-2-9-28-20)29-32(26(25)34)12-11-30-13-15-35-16-14-30/h1-7,9,17,29H,8,10-16,18H2. The highest BCUT2D eigenvalue weighted by atomic mass is 19.1. The van der Waals surface area contributed by atoms with Crippen LogP contribution in [-0.2, 0) is 30.9 Å². The molecule has 188 valence electrons. The molecular formula is C26H28FN5O4. The number of morpholine rings is 1. The Morgan fingerprint density at radius 2 is 1.83 bits per heavy atom. The van der Waals surface area contributed by atoms with Gasteiger partial charge in [-0.3, -0.25) is 29.3 Å². The number of pyridine rings is 2. The number of H-pyrrole nitrogens is 1. The van der Waals surface area contributed by atoms with Crippen LogP contribution in [0.4, 0.5) is 4.39 Å². The Hall–Kier alpha value is -3.76. The minimum absolute atomic E-state index is 0.0169. The number of aromatic nitrogens is 4. The highest BCUT2D eigenvalue weighted by Gasteiger charge is 2.19. The zero-order valence-corrected chi connectivity index (χ0v) is 19.9. The van der Waals surface area contributed by atoms with Crippen LogP contribution in [0.5, 0.6) is 5.75 Å². The van der Waals surface area contributed by atoms with E-state index in [2.05, 4.69) is 15.0 Å². The van der Waals surface area contributed by atoms with Gasteiger partial charge in [-0.2, -0.15) is 0 Å². The lowest BCUT2D eigenvalue weighted by atomic mass is 10.2. The van der Waals surface area contributed by atoms with Crippen LogP contribution < -0.4 is 15.9 Å². The maximum Gasteiger partial charge on any atom is 0.276 e. The molecule has 4 heterocycles. The molecule has 0 spiro atoms. The van der Waals surface area contributed by atoms with Gasteiger partial charge >= 0.3 is 0 Å². The molecule has 36 heavy (non-hydrogen) atoms. The number of halogens is 1. The average molecular weight is 494 g/mol. The predicted molar refractivity (Wildman–Crippen MR) is 133 cm³/mol. The summed E-state index contributed by atoms with van der Waals surface area (Å²) in [6, 6.07) is 12.7. The molecule has 1 fully saturated rings. The van der Waals surface area contributed by atoms with Gasteiger partial charge in [0.25, 0.3) is 11.1 Å². The molecule has 3 aromatic heterocycles. The molecule has 0 atom stereocenters. The lowest BCUT2D eigenvalue weighted by Crippen LogP contribution is -2.39. The Balaban J connectivity index is 1.48. The molecule has 0 bridgehead atoms. The largest absolute Gasteiger partial charge is 0.487 e. The Labute approximate surface area is 206 Å². The van der Waals surface area contributed by atoms with E-state index >= 15 is 0 Å². The molecule has 0 radical (unpaired) electrons. The van der Waals surface area contributed by atoms with Gasteiger partial charge in [-0.15, -0.1) is 0 Å². The van der Waals surface area contributed by atoms with Crippen molar-refractivity contribution in [2.24, 2.45) is 0 Å². The number of aryl methyl sites for hydroxylation is 1. The number of aromatic amines is 1. The van der Waals surface area contributed by atoms with Gasteiger partial charge in [0.1, 0.15) is 18.2 Å². The van der Waals surface area contributed by atoms with Crippen molar-refractivity contribution in [2.45, 2.75) is 26.1 Å². The predicted octanol–water partition coefficient (Wildman–Crippen LogP) is 2.18. The molecule has 1 N–H and O–H groups in total. The number of benzene rings is 1. The van der Waals surface area contributed by atoms with Crippen molar-refractivity contribution in [3.8, 4) is 5.75 Å². The van der Waals surface area contributed by atoms with Crippen LogP contribution in [0.2, 0.25) is 0 Å². The number of hydrogen-bond acceptors (Lipinski definition) is 6. The zero-order valence-electron chi connectivity index (χ0n) is 19.9. The van der Waals surface area contributed by atoms with Gasteiger partial charge in [0.05, 0.1) is 36.4 Å². The fraction of sp³-hybridized carbons (Fsp3) is 0.346. The number of hydrogen-bond donors (Lipinski definition) is 1. The molecule has 1 aliphatic heterocycles. The second-order valence-corrected chi connectivity index (χ2v) is 8.71. The second kappa shape index (κ2) is 10.9. The number of nitrogens with one attached hydrogen (secondary N) is 1. The van der Waals surface area contributed by atoms with E-state index in [1.807, 2.05) is 18.2 Å². The van der Waals surface area contributed by atoms with E-state index < -0.39 is 0 Å². The molecule has 0 saturated carbocycles. The van der Waals surface area contributed by atoms with Crippen molar-refractivity contribution in [3.63, 3.8) is 0 Å². The summed E-state index contributed by atoms with van der Waals surface area (Å²) in [6.07, 6.45) is 2.23. The molecule has 1 saturated heterocycles. The molecule has 5 rings (SSSR count). The highest BCUT2D eigenvalue weighted by Crippen LogP contribution is 2.18. The Morgan fingerprint density at radius 3 is 2.58 bits per heavy atom. The van der Waals surface area contributed by atoms with Crippen molar-refractivity contribution in [2.75, 3.05) is 32.8 Å². The van der Waals surface area contributed by atoms with Crippen molar-refractivity contribution in [1.82, 2.24) is 24.2 Å². The third-order valence-corrected chi connectivity index (χ3v) is 6.38. The van der Waals surface area contributed by atoms with Gasteiger partial charge < -0.3 is 14.0 Å². The van der Waals surface area contributed by atoms with E-state index in [4.69, 9.17) is 9.47 Å². The molecule has 10 heteroatoms. The third-order valence-electron chi connectivity index (χ3n) is 6.38. The van der Waals surface area contributed by atoms with Crippen LogP contribution in [0.3, 0.4) is 0 Å². The summed E-state index contributed by atoms with van der Waals surface area (Å²) in [6.45, 7) is 4.50. The first-order chi connectivity index (χ1) is 17.6. The summed E-state index contributed by atoms with van der Waals surface area (Å²) in [5.74, 6) is 0.0748. The molecular weight excluding hydrogens is 465 g/mol. The highest BCUT2D eigenvalue weighted by molar-refractivity contribution is 5.80. The lowest BCUT2D eigenvalue weighted by Gasteiger charge is -2.26. The van der Waals surface area contributed by atoms with Crippen LogP contribution in [0.25, 0.3) is 10.9 Å².